The number of nitrogens with zero attached hydrogens (tertiary/aromatic N) is 2. The van der Waals surface area contributed by atoms with E-state index in [-0.39, 0.29) is 12.1 Å². The van der Waals surface area contributed by atoms with Crippen LogP contribution in [0.4, 0.5) is 14.6 Å². The summed E-state index contributed by atoms with van der Waals surface area (Å²) >= 11 is 1.60. The molecule has 3 aromatic rings. The Morgan fingerprint density at radius 1 is 1.19 bits per heavy atom. The zero-order chi connectivity index (χ0) is 15.0. The van der Waals surface area contributed by atoms with Gasteiger partial charge in [0.1, 0.15) is 28.6 Å². The van der Waals surface area contributed by atoms with Gasteiger partial charge in [-0.1, -0.05) is 0 Å². The van der Waals surface area contributed by atoms with Crippen LogP contribution < -0.4 is 5.32 Å². The van der Waals surface area contributed by atoms with E-state index >= 15 is 0 Å². The average molecular weight is 305 g/mol. The summed E-state index contributed by atoms with van der Waals surface area (Å²) in [7, 11) is 0. The number of benzene rings is 1. The third kappa shape index (κ3) is 2.58. The summed E-state index contributed by atoms with van der Waals surface area (Å²) in [5.41, 5.74) is 1.38. The first kappa shape index (κ1) is 13.9. The first-order chi connectivity index (χ1) is 10.1. The number of hydrogen-bond donors (Lipinski definition) is 1. The highest BCUT2D eigenvalue weighted by molar-refractivity contribution is 7.18. The number of thiophene rings is 1. The molecular formula is C15H13F2N3S. The van der Waals surface area contributed by atoms with Crippen molar-refractivity contribution in [2.24, 2.45) is 0 Å². The molecule has 0 unspecified atom stereocenters. The largest absolute Gasteiger partial charge is 0.365 e. The molecule has 21 heavy (non-hydrogen) atoms. The first-order valence-corrected chi connectivity index (χ1v) is 7.26. The van der Waals surface area contributed by atoms with E-state index in [9.17, 15) is 8.78 Å². The lowest BCUT2D eigenvalue weighted by atomic mass is 10.2. The van der Waals surface area contributed by atoms with E-state index in [4.69, 9.17) is 0 Å². The van der Waals surface area contributed by atoms with Gasteiger partial charge >= 0.3 is 0 Å². The summed E-state index contributed by atoms with van der Waals surface area (Å²) in [6, 6.07) is 3.42. The number of anilines is 1. The van der Waals surface area contributed by atoms with Crippen molar-refractivity contribution in [1.29, 1.82) is 0 Å². The number of halogens is 2. The highest BCUT2D eigenvalue weighted by Crippen LogP contribution is 2.32. The van der Waals surface area contributed by atoms with Gasteiger partial charge in [0, 0.05) is 17.0 Å². The highest BCUT2D eigenvalue weighted by Gasteiger charge is 2.12. The number of aromatic nitrogens is 2. The molecule has 108 valence electrons. The number of hydrogen-bond acceptors (Lipinski definition) is 4. The molecule has 3 nitrogen and oxygen atoms in total. The number of fused-ring (bicyclic) bond motifs is 1. The smallest absolute Gasteiger partial charge is 0.138 e. The lowest BCUT2D eigenvalue weighted by molar-refractivity contribution is 0.587. The van der Waals surface area contributed by atoms with Crippen LogP contribution >= 0.6 is 11.3 Å². The van der Waals surface area contributed by atoms with Crippen LogP contribution in [0.1, 0.15) is 16.0 Å². The lowest BCUT2D eigenvalue weighted by Crippen LogP contribution is -2.04. The van der Waals surface area contributed by atoms with Gasteiger partial charge in [-0.25, -0.2) is 18.7 Å². The van der Waals surface area contributed by atoms with Gasteiger partial charge in [-0.05, 0) is 37.6 Å². The third-order valence-corrected chi connectivity index (χ3v) is 4.53. The van der Waals surface area contributed by atoms with Crippen LogP contribution in [0.15, 0.2) is 24.5 Å². The van der Waals surface area contributed by atoms with E-state index in [1.165, 1.54) is 17.3 Å². The molecule has 0 radical (unpaired) electrons. The van der Waals surface area contributed by atoms with E-state index in [0.29, 0.717) is 5.82 Å². The molecule has 0 amide bonds. The minimum Gasteiger partial charge on any atom is -0.365 e. The topological polar surface area (TPSA) is 37.8 Å². The minimum atomic E-state index is -0.455. The summed E-state index contributed by atoms with van der Waals surface area (Å²) in [5, 5.41) is 4.02. The Labute approximate surface area is 124 Å². The Hall–Kier alpha value is -2.08. The monoisotopic (exact) mass is 305 g/mol. The Bertz CT molecular complexity index is 814. The number of aryl methyl sites for hydroxylation is 2. The van der Waals surface area contributed by atoms with Crippen molar-refractivity contribution >= 4 is 27.4 Å². The van der Waals surface area contributed by atoms with Gasteiger partial charge in [0.05, 0.1) is 5.39 Å². The molecule has 0 spiro atoms. The second-order valence-corrected chi connectivity index (χ2v) is 5.98. The molecule has 1 N–H and O–H groups in total. The zero-order valence-electron chi connectivity index (χ0n) is 11.6. The van der Waals surface area contributed by atoms with Crippen LogP contribution in [-0.4, -0.2) is 9.97 Å². The average Bonchev–Trinajstić information content (AvgIpc) is 2.76. The maximum Gasteiger partial charge on any atom is 0.138 e. The maximum absolute atomic E-state index is 13.6. The third-order valence-electron chi connectivity index (χ3n) is 3.42. The van der Waals surface area contributed by atoms with Crippen molar-refractivity contribution < 1.29 is 8.78 Å². The van der Waals surface area contributed by atoms with E-state index in [1.807, 2.05) is 13.8 Å². The van der Waals surface area contributed by atoms with Crippen molar-refractivity contribution in [3.05, 3.63) is 52.2 Å². The molecule has 0 atom stereocenters. The quantitative estimate of drug-likeness (QED) is 0.788. The fourth-order valence-corrected chi connectivity index (χ4v) is 3.17. The van der Waals surface area contributed by atoms with Crippen LogP contribution in [0.25, 0.3) is 10.2 Å². The van der Waals surface area contributed by atoms with Crippen molar-refractivity contribution in [2.45, 2.75) is 20.4 Å². The van der Waals surface area contributed by atoms with Crippen LogP contribution in [0.5, 0.6) is 0 Å². The Morgan fingerprint density at radius 2 is 2.00 bits per heavy atom. The molecule has 0 fully saturated rings. The van der Waals surface area contributed by atoms with Gasteiger partial charge in [0.2, 0.25) is 0 Å². The zero-order valence-corrected chi connectivity index (χ0v) is 12.4. The highest BCUT2D eigenvalue weighted by atomic mass is 32.1. The van der Waals surface area contributed by atoms with Gasteiger partial charge in [-0.3, -0.25) is 0 Å². The number of rotatable bonds is 3. The predicted octanol–water partition coefficient (Wildman–Crippen LogP) is 4.20. The van der Waals surface area contributed by atoms with E-state index in [1.54, 1.807) is 11.3 Å². The van der Waals surface area contributed by atoms with Gasteiger partial charge in [0.25, 0.3) is 0 Å². The maximum atomic E-state index is 13.6. The first-order valence-electron chi connectivity index (χ1n) is 6.44. The van der Waals surface area contributed by atoms with Gasteiger partial charge in [-0.2, -0.15) is 0 Å². The molecule has 0 aliphatic rings. The van der Waals surface area contributed by atoms with Crippen molar-refractivity contribution in [1.82, 2.24) is 9.97 Å². The lowest BCUT2D eigenvalue weighted by Gasteiger charge is -2.08. The molecule has 0 saturated heterocycles. The van der Waals surface area contributed by atoms with Crippen LogP contribution in [-0.2, 0) is 6.54 Å². The van der Waals surface area contributed by atoms with Crippen molar-refractivity contribution in [3.8, 4) is 0 Å². The Morgan fingerprint density at radius 3 is 2.81 bits per heavy atom. The van der Waals surface area contributed by atoms with Crippen LogP contribution in [0, 0.1) is 25.5 Å². The standard InChI is InChI=1S/C15H13F2N3S/c1-8-9(2)21-15-13(8)14(19-7-20-15)18-6-10-5-11(16)3-4-12(10)17/h3-5,7H,6H2,1-2H3,(H,18,19,20). The summed E-state index contributed by atoms with van der Waals surface area (Å²) in [4.78, 5) is 10.5. The normalized spacial score (nSPS) is 11.0. The Balaban J connectivity index is 1.93. The molecule has 6 heteroatoms. The summed E-state index contributed by atoms with van der Waals surface area (Å²) in [5.74, 6) is -0.249. The molecular weight excluding hydrogens is 292 g/mol. The van der Waals surface area contributed by atoms with E-state index in [2.05, 4.69) is 15.3 Å². The fraction of sp³-hybridized carbons (Fsp3) is 0.200. The second-order valence-electron chi connectivity index (χ2n) is 4.77. The van der Waals surface area contributed by atoms with E-state index in [0.717, 1.165) is 27.9 Å². The molecule has 0 saturated carbocycles. The van der Waals surface area contributed by atoms with Gasteiger partial charge in [-0.15, -0.1) is 11.3 Å². The molecule has 1 aromatic carbocycles. The van der Waals surface area contributed by atoms with Gasteiger partial charge < -0.3 is 5.32 Å². The van der Waals surface area contributed by atoms with E-state index < -0.39 is 11.6 Å². The molecule has 3 rings (SSSR count). The molecule has 0 bridgehead atoms. The number of nitrogens with one attached hydrogen (secondary N) is 1. The molecule has 0 aliphatic carbocycles. The second kappa shape index (κ2) is 5.37. The minimum absolute atomic E-state index is 0.171. The van der Waals surface area contributed by atoms with Gasteiger partial charge in [0.15, 0.2) is 0 Å². The Kier molecular flexibility index (Phi) is 3.55. The molecule has 0 aliphatic heterocycles. The fourth-order valence-electron chi connectivity index (χ4n) is 2.17. The van der Waals surface area contributed by atoms with Crippen LogP contribution in [0.3, 0.4) is 0 Å². The SMILES string of the molecule is Cc1sc2ncnc(NCc3cc(F)ccc3F)c2c1C. The molecule has 2 aromatic heterocycles. The predicted molar refractivity (Wildman–Crippen MR) is 80.6 cm³/mol. The molecule has 2 heterocycles. The van der Waals surface area contributed by atoms with Crippen molar-refractivity contribution in [3.63, 3.8) is 0 Å². The van der Waals surface area contributed by atoms with Crippen LogP contribution in [0.2, 0.25) is 0 Å². The summed E-state index contributed by atoms with van der Waals surface area (Å²) < 4.78 is 26.8. The summed E-state index contributed by atoms with van der Waals surface area (Å²) in [6.07, 6.45) is 1.47. The summed E-state index contributed by atoms with van der Waals surface area (Å²) in [6.45, 7) is 4.20. The van der Waals surface area contributed by atoms with Crippen molar-refractivity contribution in [2.75, 3.05) is 5.32 Å².